The van der Waals surface area contributed by atoms with E-state index in [2.05, 4.69) is 61.8 Å². The fraction of sp³-hybridized carbons (Fsp3) is 0.500. The van der Waals surface area contributed by atoms with Crippen LogP contribution in [0.2, 0.25) is 0 Å². The minimum Gasteiger partial charge on any atom is -0.352 e. The molecule has 1 aromatic heterocycles. The van der Waals surface area contributed by atoms with Crippen LogP contribution in [0.25, 0.3) is 0 Å². The fourth-order valence-electron chi connectivity index (χ4n) is 3.06. The summed E-state index contributed by atoms with van der Waals surface area (Å²) in [5.41, 5.74) is 2.56. The van der Waals surface area contributed by atoms with Crippen LogP contribution in [0.4, 0.5) is 0 Å². The van der Waals surface area contributed by atoms with Gasteiger partial charge in [0.05, 0.1) is 6.54 Å². The molecule has 1 aliphatic heterocycles. The molecule has 1 aromatic carbocycles. The van der Waals surface area contributed by atoms with E-state index in [-0.39, 0.29) is 0 Å². The number of hydrogen-bond acceptors (Lipinski definition) is 4. The summed E-state index contributed by atoms with van der Waals surface area (Å²) in [6.07, 6.45) is 5.56. The molecule has 25 heavy (non-hydrogen) atoms. The third-order valence-electron chi connectivity index (χ3n) is 4.46. The Morgan fingerprint density at radius 3 is 2.88 bits per heavy atom. The number of nitrogens with one attached hydrogen (secondary N) is 2. The number of rotatable bonds is 5. The summed E-state index contributed by atoms with van der Waals surface area (Å²) in [7, 11) is 1.79. The second-order valence-electron chi connectivity index (χ2n) is 6.24. The molecule has 7 heteroatoms. The molecule has 6 nitrogen and oxygen atoms in total. The first kappa shape index (κ1) is 17.8. The van der Waals surface area contributed by atoms with Crippen LogP contribution in [0, 0.1) is 6.92 Å². The van der Waals surface area contributed by atoms with Crippen LogP contribution in [0.1, 0.15) is 35.6 Å². The zero-order valence-corrected chi connectivity index (χ0v) is 16.0. The lowest BCUT2D eigenvalue weighted by Gasteiger charge is -2.16. The molecule has 0 amide bonds. The SMILES string of the molecule is CN=C(NCc1ccc(C)cc1SC)NCc1nnc2n1CCCC2. The van der Waals surface area contributed by atoms with Gasteiger partial charge in [-0.25, -0.2) is 0 Å². The predicted octanol–water partition coefficient (Wildman–Crippen LogP) is 2.51. The van der Waals surface area contributed by atoms with Crippen molar-refractivity contribution in [2.24, 2.45) is 4.99 Å². The van der Waals surface area contributed by atoms with Gasteiger partial charge in [-0.15, -0.1) is 22.0 Å². The molecular weight excluding hydrogens is 332 g/mol. The van der Waals surface area contributed by atoms with Crippen LogP contribution in [0.15, 0.2) is 28.1 Å². The van der Waals surface area contributed by atoms with Gasteiger partial charge in [0.25, 0.3) is 0 Å². The Morgan fingerprint density at radius 1 is 1.24 bits per heavy atom. The summed E-state index contributed by atoms with van der Waals surface area (Å²) in [5.74, 6) is 2.87. The molecule has 0 radical (unpaired) electrons. The van der Waals surface area contributed by atoms with Crippen molar-refractivity contribution >= 4 is 17.7 Å². The Labute approximate surface area is 153 Å². The van der Waals surface area contributed by atoms with E-state index in [4.69, 9.17) is 0 Å². The lowest BCUT2D eigenvalue weighted by Crippen LogP contribution is -2.37. The minimum absolute atomic E-state index is 0.635. The standard InChI is InChI=1S/C18H26N6S/c1-13-7-8-14(15(10-13)25-3)11-20-18(19-2)21-12-17-23-22-16-6-4-5-9-24(16)17/h7-8,10H,4-6,9,11-12H2,1-3H3,(H2,19,20,21). The van der Waals surface area contributed by atoms with Crippen molar-refractivity contribution in [3.63, 3.8) is 0 Å². The van der Waals surface area contributed by atoms with Gasteiger partial charge in [0.15, 0.2) is 11.8 Å². The summed E-state index contributed by atoms with van der Waals surface area (Å²) in [4.78, 5) is 5.62. The number of hydrogen-bond donors (Lipinski definition) is 2. The average molecular weight is 359 g/mol. The molecule has 3 rings (SSSR count). The van der Waals surface area contributed by atoms with Crippen LogP contribution < -0.4 is 10.6 Å². The largest absolute Gasteiger partial charge is 0.352 e. The molecule has 2 heterocycles. The molecule has 2 N–H and O–H groups in total. The van der Waals surface area contributed by atoms with Crippen molar-refractivity contribution in [2.75, 3.05) is 13.3 Å². The van der Waals surface area contributed by atoms with Gasteiger partial charge in [-0.2, -0.15) is 0 Å². The number of nitrogens with zero attached hydrogens (tertiary/aromatic N) is 4. The Balaban J connectivity index is 1.58. The van der Waals surface area contributed by atoms with Crippen molar-refractivity contribution in [1.82, 2.24) is 25.4 Å². The topological polar surface area (TPSA) is 67.1 Å². The van der Waals surface area contributed by atoms with Gasteiger partial charge in [0.1, 0.15) is 5.82 Å². The van der Waals surface area contributed by atoms with E-state index < -0.39 is 0 Å². The van der Waals surface area contributed by atoms with Crippen LogP contribution in [0.3, 0.4) is 0 Å². The van der Waals surface area contributed by atoms with Crippen LogP contribution in [-0.4, -0.2) is 34.0 Å². The summed E-state index contributed by atoms with van der Waals surface area (Å²) in [6, 6.07) is 6.55. The van der Waals surface area contributed by atoms with E-state index in [1.807, 2.05) is 0 Å². The van der Waals surface area contributed by atoms with Gasteiger partial charge in [-0.3, -0.25) is 4.99 Å². The monoisotopic (exact) mass is 358 g/mol. The lowest BCUT2D eigenvalue weighted by atomic mass is 10.1. The summed E-state index contributed by atoms with van der Waals surface area (Å²) in [5, 5.41) is 15.4. The number of benzene rings is 1. The van der Waals surface area contributed by atoms with Gasteiger partial charge in [-0.1, -0.05) is 12.1 Å². The van der Waals surface area contributed by atoms with Crippen LogP contribution in [0.5, 0.6) is 0 Å². The highest BCUT2D eigenvalue weighted by Crippen LogP contribution is 2.21. The Hall–Kier alpha value is -2.02. The van der Waals surface area contributed by atoms with Crippen molar-refractivity contribution in [1.29, 1.82) is 0 Å². The zero-order chi connectivity index (χ0) is 17.6. The maximum Gasteiger partial charge on any atom is 0.191 e. The van der Waals surface area contributed by atoms with Gasteiger partial charge >= 0.3 is 0 Å². The van der Waals surface area contributed by atoms with Crippen molar-refractivity contribution in [3.8, 4) is 0 Å². The number of aliphatic imine (C=N–C) groups is 1. The summed E-state index contributed by atoms with van der Waals surface area (Å²) >= 11 is 1.77. The molecular formula is C18H26N6S. The average Bonchev–Trinajstić information content (AvgIpc) is 3.06. The second-order valence-corrected chi connectivity index (χ2v) is 7.08. The summed E-state index contributed by atoms with van der Waals surface area (Å²) < 4.78 is 2.23. The molecule has 134 valence electrons. The molecule has 0 saturated carbocycles. The fourth-order valence-corrected chi connectivity index (χ4v) is 3.77. The molecule has 0 bridgehead atoms. The van der Waals surface area contributed by atoms with Crippen molar-refractivity contribution < 1.29 is 0 Å². The second kappa shape index (κ2) is 8.38. The Kier molecular flexibility index (Phi) is 5.96. The first-order valence-electron chi connectivity index (χ1n) is 8.70. The molecule has 0 atom stereocenters. The lowest BCUT2D eigenvalue weighted by molar-refractivity contribution is 0.504. The van der Waals surface area contributed by atoms with Gasteiger partial charge in [0, 0.05) is 31.5 Å². The van der Waals surface area contributed by atoms with E-state index in [1.54, 1.807) is 18.8 Å². The zero-order valence-electron chi connectivity index (χ0n) is 15.2. The molecule has 0 unspecified atom stereocenters. The maximum atomic E-state index is 4.32. The number of guanidine groups is 1. The highest BCUT2D eigenvalue weighted by atomic mass is 32.2. The summed E-state index contributed by atoms with van der Waals surface area (Å²) in [6.45, 7) is 4.52. The van der Waals surface area contributed by atoms with E-state index in [1.165, 1.54) is 28.9 Å². The number of thioether (sulfide) groups is 1. The third kappa shape index (κ3) is 4.34. The maximum absolute atomic E-state index is 4.32. The van der Waals surface area contributed by atoms with Gasteiger partial charge in [-0.05, 0) is 43.2 Å². The Morgan fingerprint density at radius 2 is 2.08 bits per heavy atom. The van der Waals surface area contributed by atoms with E-state index in [9.17, 15) is 0 Å². The number of fused-ring (bicyclic) bond motifs is 1. The quantitative estimate of drug-likeness (QED) is 0.488. The molecule has 0 spiro atoms. The van der Waals surface area contributed by atoms with Gasteiger partial charge < -0.3 is 15.2 Å². The third-order valence-corrected chi connectivity index (χ3v) is 5.28. The van der Waals surface area contributed by atoms with Crippen LogP contribution in [-0.2, 0) is 26.1 Å². The molecule has 0 saturated heterocycles. The van der Waals surface area contributed by atoms with E-state index in [0.29, 0.717) is 6.54 Å². The van der Waals surface area contributed by atoms with Crippen molar-refractivity contribution in [3.05, 3.63) is 41.0 Å². The van der Waals surface area contributed by atoms with E-state index in [0.717, 1.165) is 37.1 Å². The highest BCUT2D eigenvalue weighted by molar-refractivity contribution is 7.98. The number of aryl methyl sites for hydroxylation is 2. The molecule has 2 aromatic rings. The number of aromatic nitrogens is 3. The highest BCUT2D eigenvalue weighted by Gasteiger charge is 2.15. The molecule has 0 aliphatic carbocycles. The smallest absolute Gasteiger partial charge is 0.191 e. The van der Waals surface area contributed by atoms with Crippen molar-refractivity contribution in [2.45, 2.75) is 50.7 Å². The Bertz CT molecular complexity index is 752. The first-order chi connectivity index (χ1) is 12.2. The van der Waals surface area contributed by atoms with Gasteiger partial charge in [0.2, 0.25) is 0 Å². The van der Waals surface area contributed by atoms with E-state index >= 15 is 0 Å². The first-order valence-corrected chi connectivity index (χ1v) is 9.92. The molecule has 0 fully saturated rings. The molecule has 1 aliphatic rings. The predicted molar refractivity (Wildman–Crippen MR) is 103 cm³/mol. The van der Waals surface area contributed by atoms with Crippen LogP contribution >= 0.6 is 11.8 Å². The normalized spacial score (nSPS) is 14.3. The minimum atomic E-state index is 0.635.